The van der Waals surface area contributed by atoms with Crippen LogP contribution in [0.3, 0.4) is 0 Å². The maximum atomic E-state index is 3.31. The van der Waals surface area contributed by atoms with E-state index >= 15 is 0 Å². The molecule has 0 bridgehead atoms. The van der Waals surface area contributed by atoms with Gasteiger partial charge in [0.2, 0.25) is 0 Å². The molecule has 92 valence electrons. The molecular weight excluding hydrogens is 198 g/mol. The molecule has 0 aromatic rings. The topological polar surface area (TPSA) is 18.5 Å². The fraction of sp³-hybridized carbons (Fsp3) is 0.846. The lowest BCUT2D eigenvalue weighted by molar-refractivity contribution is 0.229. The Morgan fingerprint density at radius 3 is 2.75 bits per heavy atom. The van der Waals surface area contributed by atoms with Gasteiger partial charge in [0, 0.05) is 32.2 Å². The Balaban J connectivity index is 1.77. The Morgan fingerprint density at radius 2 is 2.25 bits per heavy atom. The highest BCUT2D eigenvalue weighted by Crippen LogP contribution is 2.16. The molecule has 0 spiro atoms. The van der Waals surface area contributed by atoms with Crippen molar-refractivity contribution in [3.8, 4) is 0 Å². The van der Waals surface area contributed by atoms with Crippen LogP contribution >= 0.6 is 0 Å². The molecule has 0 saturated carbocycles. The lowest BCUT2D eigenvalue weighted by Crippen LogP contribution is -2.39. The summed E-state index contributed by atoms with van der Waals surface area (Å²) in [7, 11) is 4.51. The first-order valence-corrected chi connectivity index (χ1v) is 6.44. The zero-order valence-electron chi connectivity index (χ0n) is 10.9. The van der Waals surface area contributed by atoms with Crippen LogP contribution in [0.1, 0.15) is 19.8 Å². The van der Waals surface area contributed by atoms with E-state index in [1.807, 2.05) is 0 Å². The van der Waals surface area contributed by atoms with Gasteiger partial charge in [0.25, 0.3) is 0 Å². The molecule has 3 nitrogen and oxygen atoms in total. The van der Waals surface area contributed by atoms with E-state index in [0.29, 0.717) is 0 Å². The average molecular weight is 223 g/mol. The normalized spacial score (nSPS) is 26.2. The predicted octanol–water partition coefficient (Wildman–Crippen LogP) is 0.932. The number of hydrogen-bond donors (Lipinski definition) is 1. The smallest absolute Gasteiger partial charge is 0.0220 e. The predicted molar refractivity (Wildman–Crippen MR) is 68.7 cm³/mol. The quantitative estimate of drug-likeness (QED) is 0.715. The molecule has 16 heavy (non-hydrogen) atoms. The number of hydrogen-bond acceptors (Lipinski definition) is 3. The minimum absolute atomic E-state index is 0.780. The minimum Gasteiger partial charge on any atom is -0.309 e. The summed E-state index contributed by atoms with van der Waals surface area (Å²) in [6, 6.07) is 0.780. The van der Waals surface area contributed by atoms with Gasteiger partial charge in [0.05, 0.1) is 0 Å². The molecule has 0 aliphatic carbocycles. The van der Waals surface area contributed by atoms with Crippen LogP contribution in [0.2, 0.25) is 0 Å². The van der Waals surface area contributed by atoms with E-state index in [9.17, 15) is 0 Å². The summed E-state index contributed by atoms with van der Waals surface area (Å²) < 4.78 is 0. The number of nitrogens with one attached hydrogen (secondary N) is 1. The molecule has 3 heteroatoms. The second-order valence-electron chi connectivity index (χ2n) is 5.46. The molecule has 1 atom stereocenters. The monoisotopic (exact) mass is 223 g/mol. The van der Waals surface area contributed by atoms with Crippen molar-refractivity contribution in [1.29, 1.82) is 0 Å². The zero-order valence-corrected chi connectivity index (χ0v) is 10.9. The van der Waals surface area contributed by atoms with Crippen molar-refractivity contribution in [3.05, 3.63) is 11.1 Å². The highest BCUT2D eigenvalue weighted by Gasteiger charge is 2.22. The van der Waals surface area contributed by atoms with E-state index in [-0.39, 0.29) is 0 Å². The first-order valence-electron chi connectivity index (χ1n) is 6.44. The maximum absolute atomic E-state index is 3.31. The minimum atomic E-state index is 0.780. The molecule has 0 radical (unpaired) electrons. The van der Waals surface area contributed by atoms with Gasteiger partial charge in [-0.05, 0) is 46.0 Å². The van der Waals surface area contributed by atoms with Crippen molar-refractivity contribution >= 4 is 0 Å². The first-order chi connectivity index (χ1) is 7.66. The standard InChI is InChI=1S/C13H25N3/c1-11(12-7-14-8-12)9-15(2)10-13-5-4-6-16(13)3/h13-14H,4-10H2,1-3H3. The number of likely N-dealkylation sites (N-methyl/N-ethyl adjacent to an activating group) is 2. The molecule has 0 aromatic heterocycles. The Morgan fingerprint density at radius 1 is 1.50 bits per heavy atom. The van der Waals surface area contributed by atoms with Crippen molar-refractivity contribution in [2.24, 2.45) is 0 Å². The van der Waals surface area contributed by atoms with E-state index in [0.717, 1.165) is 25.7 Å². The Kier molecular flexibility index (Phi) is 4.00. The fourth-order valence-electron chi connectivity index (χ4n) is 2.70. The molecule has 0 aromatic carbocycles. The third-order valence-corrected chi connectivity index (χ3v) is 3.98. The summed E-state index contributed by atoms with van der Waals surface area (Å²) in [5.41, 5.74) is 3.19. The van der Waals surface area contributed by atoms with E-state index in [4.69, 9.17) is 0 Å². The van der Waals surface area contributed by atoms with Crippen molar-refractivity contribution < 1.29 is 0 Å². The Hall–Kier alpha value is -0.380. The Bertz CT molecular complexity index is 266. The van der Waals surface area contributed by atoms with Gasteiger partial charge in [-0.25, -0.2) is 0 Å². The summed E-state index contributed by atoms with van der Waals surface area (Å²) in [6.07, 6.45) is 2.75. The SMILES string of the molecule is CC(CN(C)CC1CCCN1C)=C1CNC1. The van der Waals surface area contributed by atoms with Gasteiger partial charge in [0.1, 0.15) is 0 Å². The average Bonchev–Trinajstić information content (AvgIpc) is 2.48. The molecular formula is C13H25N3. The molecule has 0 amide bonds. The van der Waals surface area contributed by atoms with E-state index in [1.165, 1.54) is 25.9 Å². The van der Waals surface area contributed by atoms with Gasteiger partial charge in [-0.2, -0.15) is 0 Å². The summed E-state index contributed by atoms with van der Waals surface area (Å²) in [5.74, 6) is 0. The van der Waals surface area contributed by atoms with Gasteiger partial charge in [-0.15, -0.1) is 0 Å². The van der Waals surface area contributed by atoms with Crippen molar-refractivity contribution in [3.63, 3.8) is 0 Å². The first kappa shape index (κ1) is 12.1. The number of nitrogens with zero attached hydrogens (tertiary/aromatic N) is 2. The molecule has 2 rings (SSSR count). The van der Waals surface area contributed by atoms with Crippen LogP contribution in [-0.4, -0.2) is 62.7 Å². The van der Waals surface area contributed by atoms with Crippen LogP contribution in [-0.2, 0) is 0 Å². The van der Waals surface area contributed by atoms with Crippen LogP contribution in [0, 0.1) is 0 Å². The lowest BCUT2D eigenvalue weighted by Gasteiger charge is -2.28. The van der Waals surface area contributed by atoms with Gasteiger partial charge < -0.3 is 15.1 Å². The third kappa shape index (κ3) is 2.84. The summed E-state index contributed by atoms with van der Waals surface area (Å²) in [4.78, 5) is 4.98. The van der Waals surface area contributed by atoms with Crippen molar-refractivity contribution in [2.45, 2.75) is 25.8 Å². The zero-order chi connectivity index (χ0) is 11.5. The van der Waals surface area contributed by atoms with Crippen LogP contribution in [0.25, 0.3) is 0 Å². The van der Waals surface area contributed by atoms with Crippen LogP contribution in [0.4, 0.5) is 0 Å². The van der Waals surface area contributed by atoms with Gasteiger partial charge in [-0.3, -0.25) is 0 Å². The van der Waals surface area contributed by atoms with Gasteiger partial charge >= 0.3 is 0 Å². The highest BCUT2D eigenvalue weighted by atomic mass is 15.2. The summed E-state index contributed by atoms with van der Waals surface area (Å²) in [5, 5.41) is 3.31. The van der Waals surface area contributed by atoms with Gasteiger partial charge in [0.15, 0.2) is 0 Å². The van der Waals surface area contributed by atoms with Crippen LogP contribution in [0.15, 0.2) is 11.1 Å². The van der Waals surface area contributed by atoms with E-state index in [2.05, 4.69) is 36.1 Å². The molecule has 2 fully saturated rings. The molecule has 2 saturated heterocycles. The molecule has 1 unspecified atom stereocenters. The molecule has 2 aliphatic heterocycles. The fourth-order valence-corrected chi connectivity index (χ4v) is 2.70. The van der Waals surface area contributed by atoms with Crippen LogP contribution in [0.5, 0.6) is 0 Å². The molecule has 1 N–H and O–H groups in total. The van der Waals surface area contributed by atoms with Gasteiger partial charge in [-0.1, -0.05) is 5.57 Å². The van der Waals surface area contributed by atoms with E-state index < -0.39 is 0 Å². The Labute approximate surface area is 99.5 Å². The largest absolute Gasteiger partial charge is 0.309 e. The molecule has 2 aliphatic rings. The second-order valence-corrected chi connectivity index (χ2v) is 5.46. The maximum Gasteiger partial charge on any atom is 0.0220 e. The third-order valence-electron chi connectivity index (χ3n) is 3.98. The highest BCUT2D eigenvalue weighted by molar-refractivity contribution is 5.22. The summed E-state index contributed by atoms with van der Waals surface area (Å²) in [6.45, 7) is 8.15. The molecule has 2 heterocycles. The van der Waals surface area contributed by atoms with Crippen molar-refractivity contribution in [2.75, 3.05) is 46.8 Å². The number of likely N-dealkylation sites (tertiary alicyclic amines) is 1. The summed E-state index contributed by atoms with van der Waals surface area (Å²) >= 11 is 0. The second kappa shape index (κ2) is 5.30. The lowest BCUT2D eigenvalue weighted by atomic mass is 10.0. The number of rotatable bonds is 4. The van der Waals surface area contributed by atoms with Crippen molar-refractivity contribution in [1.82, 2.24) is 15.1 Å². The van der Waals surface area contributed by atoms with Crippen LogP contribution < -0.4 is 5.32 Å². The van der Waals surface area contributed by atoms with E-state index in [1.54, 1.807) is 11.1 Å².